The first-order valence-electron chi connectivity index (χ1n) is 3.64. The van der Waals surface area contributed by atoms with Crippen LogP contribution >= 0.6 is 0 Å². The summed E-state index contributed by atoms with van der Waals surface area (Å²) in [6.45, 7) is 0. The number of nitro benzene ring substituents is 3. The molecule has 17 heavy (non-hydrogen) atoms. The van der Waals surface area contributed by atoms with Crippen molar-refractivity contribution in [3.8, 4) is 5.75 Å². The summed E-state index contributed by atoms with van der Waals surface area (Å²) in [5, 5.41) is 40.2. The molecule has 10 nitrogen and oxygen atoms in total. The van der Waals surface area contributed by atoms with Gasteiger partial charge in [-0.1, -0.05) is 0 Å². The normalized spacial score (nSPS) is 9.18. The third kappa shape index (κ3) is 3.05. The van der Waals surface area contributed by atoms with Crippen LogP contribution in [0.5, 0.6) is 5.75 Å². The predicted octanol–water partition coefficient (Wildman–Crippen LogP) is 0.201. The summed E-state index contributed by atoms with van der Waals surface area (Å²) < 4.78 is 0. The minimum atomic E-state index is -1.21. The van der Waals surface area contributed by atoms with Crippen LogP contribution in [0.1, 0.15) is 0 Å². The van der Waals surface area contributed by atoms with Gasteiger partial charge in [-0.3, -0.25) is 30.3 Å². The molecule has 0 amide bonds. The van der Waals surface area contributed by atoms with Gasteiger partial charge >= 0.3 is 38.7 Å². The maximum atomic E-state index is 10.4. The van der Waals surface area contributed by atoms with Crippen LogP contribution in [0, 0.1) is 30.3 Å². The number of hydrogen-bond acceptors (Lipinski definition) is 7. The quantitative estimate of drug-likeness (QED) is 0.402. The molecule has 1 rings (SSSR count). The van der Waals surface area contributed by atoms with Gasteiger partial charge in [-0.05, 0) is 0 Å². The number of nitro groups is 3. The van der Waals surface area contributed by atoms with Crippen LogP contribution in [-0.4, -0.2) is 47.2 Å². The fourth-order valence-electron chi connectivity index (χ4n) is 0.974. The van der Waals surface area contributed by atoms with Crippen molar-refractivity contribution in [3.63, 3.8) is 0 Å². The molecule has 0 saturated heterocycles. The second-order valence-electron chi connectivity index (χ2n) is 2.60. The number of benzene rings is 1. The molecule has 0 unspecified atom stereocenters. The van der Waals surface area contributed by atoms with Gasteiger partial charge in [-0.2, -0.15) is 0 Å². The van der Waals surface area contributed by atoms with Gasteiger partial charge in [0.05, 0.1) is 26.9 Å². The van der Waals surface area contributed by atoms with E-state index >= 15 is 0 Å². The Bertz CT molecular complexity index is 467. The zero-order valence-corrected chi connectivity index (χ0v) is 13.6. The topological polar surface area (TPSA) is 150 Å². The van der Waals surface area contributed by atoms with Crippen LogP contribution in [-0.2, 0) is 0 Å². The van der Waals surface area contributed by atoms with E-state index in [2.05, 4.69) is 0 Å². The molecule has 0 aliphatic rings. The molecule has 0 aromatic heterocycles. The Morgan fingerprint density at radius 3 is 1.47 bits per heavy atom. The van der Waals surface area contributed by atoms with E-state index < -0.39 is 37.6 Å². The van der Waals surface area contributed by atoms with Gasteiger partial charge in [0, 0.05) is 0 Å². The maximum absolute atomic E-state index is 10.4. The zero-order valence-electron chi connectivity index (χ0n) is 8.10. The molecule has 11 heteroatoms. The number of hydrogen-bond donors (Lipinski definition) is 1. The average Bonchev–Trinajstić information content (AvgIpc) is 2.16. The van der Waals surface area contributed by atoms with Gasteiger partial charge in [-0.15, -0.1) is 0 Å². The standard InChI is InChI=1S/C6H3N3O7.Pb.2H/c10-6-4(8(13)14)1-3(7(11)12)2-5(6)9(15)16;;;/h1-2,10H;;;. The second kappa shape index (κ2) is 5.46. The van der Waals surface area contributed by atoms with Gasteiger partial charge in [0.15, 0.2) is 0 Å². The predicted molar refractivity (Wildman–Crippen MR) is 56.6 cm³/mol. The van der Waals surface area contributed by atoms with Crippen LogP contribution in [0.4, 0.5) is 17.1 Å². The molecule has 0 atom stereocenters. The molecular formula is C6H5N3O7Pb. The molecule has 0 aliphatic carbocycles. The van der Waals surface area contributed by atoms with Crippen molar-refractivity contribution in [2.75, 3.05) is 0 Å². The van der Waals surface area contributed by atoms with Crippen LogP contribution < -0.4 is 0 Å². The molecule has 0 heterocycles. The molecule has 0 saturated carbocycles. The number of nitrogens with zero attached hydrogens (tertiary/aromatic N) is 3. The number of phenols is 1. The Hall–Kier alpha value is -1.86. The second-order valence-corrected chi connectivity index (χ2v) is 2.60. The Morgan fingerprint density at radius 2 is 1.24 bits per heavy atom. The summed E-state index contributed by atoms with van der Waals surface area (Å²) in [4.78, 5) is 27.8. The first-order chi connectivity index (χ1) is 7.34. The summed E-state index contributed by atoms with van der Waals surface area (Å²) in [6.07, 6.45) is 0. The van der Waals surface area contributed by atoms with Crippen molar-refractivity contribution in [2.24, 2.45) is 0 Å². The Morgan fingerprint density at radius 1 is 0.882 bits per heavy atom. The van der Waals surface area contributed by atoms with Crippen LogP contribution in [0.25, 0.3) is 0 Å². The molecule has 0 aliphatic heterocycles. The van der Waals surface area contributed by atoms with Crippen molar-refractivity contribution in [1.29, 1.82) is 0 Å². The van der Waals surface area contributed by atoms with E-state index in [1.165, 1.54) is 0 Å². The monoisotopic (exact) mass is 439 g/mol. The van der Waals surface area contributed by atoms with E-state index in [0.717, 1.165) is 0 Å². The van der Waals surface area contributed by atoms with E-state index in [-0.39, 0.29) is 27.3 Å². The summed E-state index contributed by atoms with van der Waals surface area (Å²) >= 11 is 0. The molecular weight excluding hydrogens is 433 g/mol. The molecule has 1 aromatic carbocycles. The summed E-state index contributed by atoms with van der Waals surface area (Å²) in [7, 11) is 0. The molecule has 90 valence electrons. The first-order valence-corrected chi connectivity index (χ1v) is 3.64. The fourth-order valence-corrected chi connectivity index (χ4v) is 0.974. The SMILES string of the molecule is O=[N+]([O-])c1cc([N+](=O)[O-])c(O)c([N+](=O)[O-])c1.[PbH2]. The van der Waals surface area contributed by atoms with Crippen molar-refractivity contribution in [2.45, 2.75) is 0 Å². The Balaban J connectivity index is 0.00000256. The van der Waals surface area contributed by atoms with Crippen molar-refractivity contribution in [1.82, 2.24) is 0 Å². The zero-order chi connectivity index (χ0) is 12.5. The molecule has 0 fully saturated rings. The van der Waals surface area contributed by atoms with Crippen LogP contribution in [0.3, 0.4) is 0 Å². The number of aromatic hydroxyl groups is 1. The Kier molecular flexibility index (Phi) is 4.87. The molecule has 1 aromatic rings. The summed E-state index contributed by atoms with van der Waals surface area (Å²) in [6, 6.07) is 0.894. The van der Waals surface area contributed by atoms with E-state index in [9.17, 15) is 30.3 Å². The van der Waals surface area contributed by atoms with Crippen molar-refractivity contribution >= 4 is 44.4 Å². The van der Waals surface area contributed by atoms with Gasteiger partial charge in [0.25, 0.3) is 11.4 Å². The summed E-state index contributed by atoms with van der Waals surface area (Å²) in [5.41, 5.74) is -3.00. The van der Waals surface area contributed by atoms with E-state index in [0.29, 0.717) is 12.1 Å². The van der Waals surface area contributed by atoms with Crippen LogP contribution in [0.2, 0.25) is 0 Å². The third-order valence-corrected chi connectivity index (χ3v) is 1.66. The van der Waals surface area contributed by atoms with Gasteiger partial charge in [0.2, 0.25) is 0 Å². The molecule has 0 bridgehead atoms. The Labute approximate surface area is 112 Å². The van der Waals surface area contributed by atoms with Crippen molar-refractivity contribution in [3.05, 3.63) is 42.5 Å². The van der Waals surface area contributed by atoms with E-state index in [1.54, 1.807) is 0 Å². The molecule has 1 N–H and O–H groups in total. The number of rotatable bonds is 3. The van der Waals surface area contributed by atoms with Gasteiger partial charge in [0.1, 0.15) is 0 Å². The molecule has 2 radical (unpaired) electrons. The fraction of sp³-hybridized carbons (Fsp3) is 0. The first kappa shape index (κ1) is 15.1. The average molecular weight is 438 g/mol. The number of non-ortho nitro benzene ring substituents is 1. The van der Waals surface area contributed by atoms with Gasteiger partial charge in [-0.25, -0.2) is 0 Å². The number of phenolic OH excluding ortho intramolecular Hbond substituents is 1. The van der Waals surface area contributed by atoms with Gasteiger partial charge < -0.3 is 5.11 Å². The third-order valence-electron chi connectivity index (χ3n) is 1.66. The van der Waals surface area contributed by atoms with Crippen LogP contribution in [0.15, 0.2) is 12.1 Å². The minimum absolute atomic E-state index is 0. The van der Waals surface area contributed by atoms with Crippen molar-refractivity contribution < 1.29 is 19.9 Å². The summed E-state index contributed by atoms with van der Waals surface area (Å²) in [5.74, 6) is -1.21. The molecule has 0 spiro atoms. The van der Waals surface area contributed by atoms with E-state index in [1.807, 2.05) is 0 Å². The van der Waals surface area contributed by atoms with E-state index in [4.69, 9.17) is 5.11 Å².